The Labute approximate surface area is 147 Å². The average molecular weight is 383 g/mol. The zero-order valence-electron chi connectivity index (χ0n) is 12.9. The highest BCUT2D eigenvalue weighted by Gasteiger charge is 2.14. The van der Waals surface area contributed by atoms with Crippen molar-refractivity contribution in [3.8, 4) is 17.2 Å². The number of hydrogen-bond acceptors (Lipinski definition) is 5. The van der Waals surface area contributed by atoms with Crippen LogP contribution in [0.5, 0.6) is 0 Å². The van der Waals surface area contributed by atoms with E-state index in [1.165, 1.54) is 0 Å². The second kappa shape index (κ2) is 6.23. The molecule has 24 heavy (non-hydrogen) atoms. The van der Waals surface area contributed by atoms with Crippen molar-refractivity contribution in [1.82, 2.24) is 19.9 Å². The van der Waals surface area contributed by atoms with Gasteiger partial charge in [-0.25, -0.2) is 9.50 Å². The molecular formula is C17H15BrN6. The van der Waals surface area contributed by atoms with Crippen molar-refractivity contribution >= 4 is 27.3 Å². The Kier molecular flexibility index (Phi) is 3.92. The molecule has 0 unspecified atom stereocenters. The highest BCUT2D eigenvalue weighted by molar-refractivity contribution is 9.10. The van der Waals surface area contributed by atoms with Gasteiger partial charge in [-0.3, -0.25) is 0 Å². The van der Waals surface area contributed by atoms with Crippen LogP contribution in [0.4, 0.5) is 5.82 Å². The summed E-state index contributed by atoms with van der Waals surface area (Å²) in [5.41, 5.74) is 3.27. The molecule has 0 atom stereocenters. The number of halogens is 1. The maximum absolute atomic E-state index is 9.34. The Morgan fingerprint density at radius 3 is 2.75 bits per heavy atom. The van der Waals surface area contributed by atoms with Crippen LogP contribution in [0, 0.1) is 11.3 Å². The summed E-state index contributed by atoms with van der Waals surface area (Å²) in [4.78, 5) is 6.90. The van der Waals surface area contributed by atoms with Crippen molar-refractivity contribution < 1.29 is 0 Å². The summed E-state index contributed by atoms with van der Waals surface area (Å²) < 4.78 is 2.63. The fourth-order valence-electron chi connectivity index (χ4n) is 3.02. The summed E-state index contributed by atoms with van der Waals surface area (Å²) in [7, 11) is 0. The Balaban J connectivity index is 1.77. The number of fused-ring (bicyclic) bond motifs is 1. The van der Waals surface area contributed by atoms with Gasteiger partial charge in [0.15, 0.2) is 0 Å². The summed E-state index contributed by atoms with van der Waals surface area (Å²) in [6.45, 7) is 3.90. The Hall–Kier alpha value is -2.43. The third-order valence-electron chi connectivity index (χ3n) is 4.20. The highest BCUT2D eigenvalue weighted by atomic mass is 79.9. The zero-order chi connectivity index (χ0) is 16.5. The minimum atomic E-state index is 0.559. The van der Waals surface area contributed by atoms with Crippen LogP contribution in [0.2, 0.25) is 0 Å². The van der Waals surface area contributed by atoms with E-state index in [1.807, 2.05) is 24.5 Å². The summed E-state index contributed by atoms with van der Waals surface area (Å²) >= 11 is 3.51. The number of nitrogens with zero attached hydrogens (tertiary/aromatic N) is 5. The van der Waals surface area contributed by atoms with Crippen LogP contribution in [0.25, 0.3) is 16.6 Å². The first-order valence-corrected chi connectivity index (χ1v) is 8.54. The van der Waals surface area contributed by atoms with Gasteiger partial charge < -0.3 is 10.2 Å². The maximum Gasteiger partial charge on any atom is 0.128 e. The number of anilines is 1. The lowest BCUT2D eigenvalue weighted by Gasteiger charge is -2.28. The molecular weight excluding hydrogens is 368 g/mol. The molecule has 0 aromatic carbocycles. The summed E-state index contributed by atoms with van der Waals surface area (Å²) in [6.07, 6.45) is 5.31. The molecule has 4 rings (SSSR count). The number of piperazine rings is 1. The van der Waals surface area contributed by atoms with Gasteiger partial charge in [0.2, 0.25) is 0 Å². The molecule has 120 valence electrons. The van der Waals surface area contributed by atoms with E-state index in [-0.39, 0.29) is 0 Å². The van der Waals surface area contributed by atoms with Gasteiger partial charge in [0, 0.05) is 54.2 Å². The molecule has 0 saturated carbocycles. The molecule has 6 nitrogen and oxygen atoms in total. The third-order valence-corrected chi connectivity index (χ3v) is 4.63. The SMILES string of the molecule is N#Cc1cnn2cc(Br)cc(-c3ccc(N4CCNCC4)nc3)c12. The Morgan fingerprint density at radius 1 is 1.21 bits per heavy atom. The molecule has 1 aliphatic heterocycles. The second-order valence-electron chi connectivity index (χ2n) is 5.68. The van der Waals surface area contributed by atoms with Gasteiger partial charge in [-0.2, -0.15) is 10.4 Å². The molecule has 1 fully saturated rings. The van der Waals surface area contributed by atoms with E-state index in [4.69, 9.17) is 0 Å². The minimum absolute atomic E-state index is 0.559. The average Bonchev–Trinajstić information content (AvgIpc) is 3.05. The van der Waals surface area contributed by atoms with Gasteiger partial charge in [0.05, 0.1) is 17.3 Å². The van der Waals surface area contributed by atoms with Crippen molar-refractivity contribution in [2.45, 2.75) is 0 Å². The van der Waals surface area contributed by atoms with Gasteiger partial charge in [0.25, 0.3) is 0 Å². The largest absolute Gasteiger partial charge is 0.354 e. The predicted octanol–water partition coefficient (Wildman–Crippen LogP) is 2.44. The molecule has 1 saturated heterocycles. The summed E-state index contributed by atoms with van der Waals surface area (Å²) in [5.74, 6) is 0.986. The lowest BCUT2D eigenvalue weighted by atomic mass is 10.1. The maximum atomic E-state index is 9.34. The molecule has 0 bridgehead atoms. The van der Waals surface area contributed by atoms with Gasteiger partial charge in [-0.15, -0.1) is 0 Å². The van der Waals surface area contributed by atoms with Crippen molar-refractivity contribution in [2.24, 2.45) is 0 Å². The standard InChI is InChI=1S/C17H15BrN6/c18-14-7-15(17-13(8-19)10-22-24(17)11-14)12-1-2-16(21-9-12)23-5-3-20-4-6-23/h1-2,7,9-11,20H,3-6H2. The van der Waals surface area contributed by atoms with Crippen LogP contribution >= 0.6 is 15.9 Å². The normalized spacial score (nSPS) is 14.8. The van der Waals surface area contributed by atoms with Crippen molar-refractivity contribution in [1.29, 1.82) is 5.26 Å². The molecule has 4 heterocycles. The van der Waals surface area contributed by atoms with Crippen LogP contribution in [0.1, 0.15) is 5.56 Å². The number of nitriles is 1. The van der Waals surface area contributed by atoms with E-state index in [9.17, 15) is 5.26 Å². The number of hydrogen-bond donors (Lipinski definition) is 1. The first-order chi connectivity index (χ1) is 11.8. The van der Waals surface area contributed by atoms with Crippen LogP contribution in [0.15, 0.2) is 41.3 Å². The van der Waals surface area contributed by atoms with Gasteiger partial charge in [0.1, 0.15) is 11.9 Å². The van der Waals surface area contributed by atoms with Crippen molar-refractivity contribution in [3.05, 3.63) is 46.8 Å². The van der Waals surface area contributed by atoms with E-state index < -0.39 is 0 Å². The Morgan fingerprint density at radius 2 is 2.04 bits per heavy atom. The number of aromatic nitrogens is 3. The lowest BCUT2D eigenvalue weighted by Crippen LogP contribution is -2.43. The quantitative estimate of drug-likeness (QED) is 0.736. The van der Waals surface area contributed by atoms with E-state index in [2.05, 4.69) is 48.4 Å². The van der Waals surface area contributed by atoms with E-state index in [1.54, 1.807) is 10.7 Å². The molecule has 1 N–H and O–H groups in total. The summed E-state index contributed by atoms with van der Waals surface area (Å²) in [6, 6.07) is 8.31. The smallest absolute Gasteiger partial charge is 0.128 e. The van der Waals surface area contributed by atoms with Gasteiger partial charge in [-0.05, 0) is 34.1 Å². The molecule has 0 amide bonds. The lowest BCUT2D eigenvalue weighted by molar-refractivity contribution is 0.585. The van der Waals surface area contributed by atoms with Crippen molar-refractivity contribution in [3.63, 3.8) is 0 Å². The van der Waals surface area contributed by atoms with Crippen LogP contribution in [-0.4, -0.2) is 40.8 Å². The molecule has 0 spiro atoms. The van der Waals surface area contributed by atoms with Crippen LogP contribution in [0.3, 0.4) is 0 Å². The number of nitrogens with one attached hydrogen (secondary N) is 1. The summed E-state index contributed by atoms with van der Waals surface area (Å²) in [5, 5.41) is 16.9. The van der Waals surface area contributed by atoms with Gasteiger partial charge in [-0.1, -0.05) is 0 Å². The fourth-order valence-corrected chi connectivity index (χ4v) is 3.44. The molecule has 3 aromatic rings. The number of pyridine rings is 2. The van der Waals surface area contributed by atoms with E-state index >= 15 is 0 Å². The molecule has 0 aliphatic carbocycles. The molecule has 3 aromatic heterocycles. The van der Waals surface area contributed by atoms with Crippen LogP contribution in [-0.2, 0) is 0 Å². The Bertz CT molecular complexity index is 919. The molecule has 7 heteroatoms. The van der Waals surface area contributed by atoms with Crippen LogP contribution < -0.4 is 10.2 Å². The van der Waals surface area contributed by atoms with E-state index in [0.717, 1.165) is 53.1 Å². The van der Waals surface area contributed by atoms with E-state index in [0.29, 0.717) is 5.56 Å². The zero-order valence-corrected chi connectivity index (χ0v) is 14.5. The third kappa shape index (κ3) is 2.64. The minimum Gasteiger partial charge on any atom is -0.354 e. The molecule has 1 aliphatic rings. The fraction of sp³-hybridized carbons (Fsp3) is 0.235. The monoisotopic (exact) mass is 382 g/mol. The van der Waals surface area contributed by atoms with Crippen molar-refractivity contribution in [2.75, 3.05) is 31.1 Å². The first-order valence-electron chi connectivity index (χ1n) is 7.75. The predicted molar refractivity (Wildman–Crippen MR) is 95.9 cm³/mol. The van der Waals surface area contributed by atoms with Gasteiger partial charge >= 0.3 is 0 Å². The highest BCUT2D eigenvalue weighted by Crippen LogP contribution is 2.30. The topological polar surface area (TPSA) is 69.2 Å². The second-order valence-corrected chi connectivity index (χ2v) is 6.59. The first kappa shape index (κ1) is 15.1. The molecule has 0 radical (unpaired) electrons. The number of rotatable bonds is 2.